The summed E-state index contributed by atoms with van der Waals surface area (Å²) in [4.78, 5) is 0. The minimum atomic E-state index is -0.259. The summed E-state index contributed by atoms with van der Waals surface area (Å²) in [5.74, 6) is -0.0419. The number of phenolic OH excluding ortho intramolecular Hbond substituents is 1. The fourth-order valence-electron chi connectivity index (χ4n) is 1.71. The second-order valence-electron chi connectivity index (χ2n) is 3.96. The number of anilines is 1. The Hall–Kier alpha value is -2.03. The van der Waals surface area contributed by atoms with Gasteiger partial charge in [-0.1, -0.05) is 24.3 Å². The Morgan fingerprint density at radius 1 is 1.18 bits per heavy atom. The summed E-state index contributed by atoms with van der Waals surface area (Å²) in [6.07, 6.45) is 0. The van der Waals surface area contributed by atoms with E-state index in [-0.39, 0.29) is 11.6 Å². The van der Waals surface area contributed by atoms with Crippen molar-refractivity contribution >= 4 is 5.69 Å². The van der Waals surface area contributed by atoms with Crippen molar-refractivity contribution in [1.29, 1.82) is 0 Å². The van der Waals surface area contributed by atoms with Gasteiger partial charge in [-0.05, 0) is 36.2 Å². The SMILES string of the molecule is Cc1cccc(F)c1NCc1cccc(O)c1. The molecule has 2 N–H and O–H groups in total. The minimum absolute atomic E-state index is 0.217. The maximum Gasteiger partial charge on any atom is 0.146 e. The largest absolute Gasteiger partial charge is 0.508 e. The van der Waals surface area contributed by atoms with Crippen LogP contribution in [0.5, 0.6) is 5.75 Å². The number of benzene rings is 2. The van der Waals surface area contributed by atoms with Gasteiger partial charge in [0.1, 0.15) is 11.6 Å². The van der Waals surface area contributed by atoms with Crippen LogP contribution in [0.1, 0.15) is 11.1 Å². The normalized spacial score (nSPS) is 10.2. The molecule has 17 heavy (non-hydrogen) atoms. The van der Waals surface area contributed by atoms with Crippen molar-refractivity contribution in [1.82, 2.24) is 0 Å². The molecule has 0 aliphatic carbocycles. The molecule has 0 saturated carbocycles. The highest BCUT2D eigenvalue weighted by molar-refractivity contribution is 5.52. The molecular weight excluding hydrogens is 217 g/mol. The predicted molar refractivity (Wildman–Crippen MR) is 66.6 cm³/mol. The van der Waals surface area contributed by atoms with Crippen LogP contribution in [-0.2, 0) is 6.54 Å². The van der Waals surface area contributed by atoms with Crippen LogP contribution >= 0.6 is 0 Å². The van der Waals surface area contributed by atoms with Gasteiger partial charge in [0.2, 0.25) is 0 Å². The molecule has 0 atom stereocenters. The maximum absolute atomic E-state index is 13.5. The first-order chi connectivity index (χ1) is 8.16. The molecule has 3 heteroatoms. The Morgan fingerprint density at radius 2 is 1.94 bits per heavy atom. The standard InChI is InChI=1S/C14H14FNO/c1-10-4-2-7-13(15)14(10)16-9-11-5-3-6-12(17)8-11/h2-8,16-17H,9H2,1H3. The highest BCUT2D eigenvalue weighted by atomic mass is 19.1. The van der Waals surface area contributed by atoms with Crippen LogP contribution in [0.2, 0.25) is 0 Å². The van der Waals surface area contributed by atoms with Crippen LogP contribution in [0.3, 0.4) is 0 Å². The Labute approximate surface area is 99.7 Å². The van der Waals surface area contributed by atoms with Crippen molar-refractivity contribution in [3.63, 3.8) is 0 Å². The zero-order chi connectivity index (χ0) is 12.3. The summed E-state index contributed by atoms with van der Waals surface area (Å²) in [5.41, 5.74) is 2.29. The number of rotatable bonds is 3. The zero-order valence-corrected chi connectivity index (χ0v) is 9.57. The van der Waals surface area contributed by atoms with E-state index >= 15 is 0 Å². The first kappa shape index (κ1) is 11.5. The average molecular weight is 231 g/mol. The average Bonchev–Trinajstić information content (AvgIpc) is 2.28. The number of aromatic hydroxyl groups is 1. The Kier molecular flexibility index (Phi) is 3.28. The van der Waals surface area contributed by atoms with Gasteiger partial charge in [0.25, 0.3) is 0 Å². The lowest BCUT2D eigenvalue weighted by atomic mass is 10.1. The zero-order valence-electron chi connectivity index (χ0n) is 9.57. The van der Waals surface area contributed by atoms with Crippen molar-refractivity contribution in [3.8, 4) is 5.75 Å². The molecule has 2 aromatic carbocycles. The van der Waals surface area contributed by atoms with E-state index in [9.17, 15) is 9.50 Å². The quantitative estimate of drug-likeness (QED) is 0.848. The summed E-state index contributed by atoms with van der Waals surface area (Å²) in [6, 6.07) is 11.9. The molecule has 0 aliphatic heterocycles. The fourth-order valence-corrected chi connectivity index (χ4v) is 1.71. The lowest BCUT2D eigenvalue weighted by molar-refractivity contribution is 0.474. The number of phenols is 1. The molecule has 0 aliphatic rings. The van der Waals surface area contributed by atoms with Gasteiger partial charge in [-0.2, -0.15) is 0 Å². The Bertz CT molecular complexity index is 505. The molecule has 0 heterocycles. The number of hydrogen-bond acceptors (Lipinski definition) is 2. The third-order valence-corrected chi connectivity index (χ3v) is 2.60. The monoisotopic (exact) mass is 231 g/mol. The van der Waals surface area contributed by atoms with Crippen molar-refractivity contribution in [3.05, 3.63) is 59.4 Å². The second kappa shape index (κ2) is 4.87. The summed E-state index contributed by atoms with van der Waals surface area (Å²) in [5, 5.41) is 12.4. The summed E-state index contributed by atoms with van der Waals surface area (Å²) in [7, 11) is 0. The van der Waals surface area contributed by atoms with E-state index in [1.54, 1.807) is 24.3 Å². The molecule has 2 rings (SSSR count). The van der Waals surface area contributed by atoms with Gasteiger partial charge < -0.3 is 10.4 Å². The molecule has 0 unspecified atom stereocenters. The number of aryl methyl sites for hydroxylation is 1. The van der Waals surface area contributed by atoms with Crippen LogP contribution in [-0.4, -0.2) is 5.11 Å². The van der Waals surface area contributed by atoms with Gasteiger partial charge in [0, 0.05) is 6.54 Å². The fraction of sp³-hybridized carbons (Fsp3) is 0.143. The minimum Gasteiger partial charge on any atom is -0.508 e. The Morgan fingerprint density at radius 3 is 2.65 bits per heavy atom. The number of para-hydroxylation sites is 1. The summed E-state index contributed by atoms with van der Waals surface area (Å²) in [6.45, 7) is 2.34. The molecular formula is C14H14FNO. The van der Waals surface area contributed by atoms with E-state index in [2.05, 4.69) is 5.32 Å². The van der Waals surface area contributed by atoms with Crippen molar-refractivity contribution < 1.29 is 9.50 Å². The van der Waals surface area contributed by atoms with Gasteiger partial charge in [-0.3, -0.25) is 0 Å². The highest BCUT2D eigenvalue weighted by Crippen LogP contribution is 2.20. The van der Waals surface area contributed by atoms with E-state index in [1.807, 2.05) is 19.1 Å². The number of hydrogen-bond donors (Lipinski definition) is 2. The topological polar surface area (TPSA) is 32.3 Å². The molecule has 88 valence electrons. The molecule has 0 spiro atoms. The van der Waals surface area contributed by atoms with Gasteiger partial charge in [-0.25, -0.2) is 4.39 Å². The first-order valence-corrected chi connectivity index (χ1v) is 5.44. The molecule has 0 amide bonds. The molecule has 0 saturated heterocycles. The third-order valence-electron chi connectivity index (χ3n) is 2.60. The van der Waals surface area contributed by atoms with Gasteiger partial charge in [0.15, 0.2) is 0 Å². The van der Waals surface area contributed by atoms with E-state index in [1.165, 1.54) is 6.07 Å². The smallest absolute Gasteiger partial charge is 0.146 e. The highest BCUT2D eigenvalue weighted by Gasteiger charge is 2.04. The van der Waals surface area contributed by atoms with Gasteiger partial charge in [0.05, 0.1) is 5.69 Å². The molecule has 0 aromatic heterocycles. The van der Waals surface area contributed by atoms with Gasteiger partial charge >= 0.3 is 0 Å². The molecule has 0 radical (unpaired) electrons. The Balaban J connectivity index is 2.13. The number of nitrogens with one attached hydrogen (secondary N) is 1. The van der Waals surface area contributed by atoms with Crippen molar-refractivity contribution in [2.45, 2.75) is 13.5 Å². The summed E-state index contributed by atoms with van der Waals surface area (Å²) < 4.78 is 13.5. The number of halogens is 1. The van der Waals surface area contributed by atoms with E-state index in [0.717, 1.165) is 11.1 Å². The lowest BCUT2D eigenvalue weighted by Gasteiger charge is -2.10. The first-order valence-electron chi connectivity index (χ1n) is 5.44. The van der Waals surface area contributed by atoms with E-state index < -0.39 is 0 Å². The maximum atomic E-state index is 13.5. The lowest BCUT2D eigenvalue weighted by Crippen LogP contribution is -2.03. The molecule has 0 bridgehead atoms. The van der Waals surface area contributed by atoms with Gasteiger partial charge in [-0.15, -0.1) is 0 Å². The van der Waals surface area contributed by atoms with Crippen molar-refractivity contribution in [2.75, 3.05) is 5.32 Å². The molecule has 2 aromatic rings. The van der Waals surface area contributed by atoms with E-state index in [0.29, 0.717) is 12.2 Å². The summed E-state index contributed by atoms with van der Waals surface area (Å²) >= 11 is 0. The van der Waals surface area contributed by atoms with Crippen LogP contribution in [0.4, 0.5) is 10.1 Å². The third kappa shape index (κ3) is 2.75. The van der Waals surface area contributed by atoms with Crippen LogP contribution < -0.4 is 5.32 Å². The predicted octanol–water partition coefficient (Wildman–Crippen LogP) is 3.45. The van der Waals surface area contributed by atoms with E-state index in [4.69, 9.17) is 0 Å². The van der Waals surface area contributed by atoms with Crippen LogP contribution in [0.25, 0.3) is 0 Å². The molecule has 2 nitrogen and oxygen atoms in total. The van der Waals surface area contributed by atoms with Crippen molar-refractivity contribution in [2.24, 2.45) is 0 Å². The van der Waals surface area contributed by atoms with Crippen LogP contribution in [0.15, 0.2) is 42.5 Å². The van der Waals surface area contributed by atoms with Crippen LogP contribution in [0, 0.1) is 12.7 Å². The second-order valence-corrected chi connectivity index (χ2v) is 3.96. The molecule has 0 fully saturated rings.